The van der Waals surface area contributed by atoms with Crippen LogP contribution in [-0.2, 0) is 51.4 Å². The number of nitrogen functional groups attached to an aromatic ring is 1. The summed E-state index contributed by atoms with van der Waals surface area (Å²) in [4.78, 5) is 0. The average Bonchev–Trinajstić information content (AvgIpc) is 3.61. The molecule has 0 saturated heterocycles. The van der Waals surface area contributed by atoms with Gasteiger partial charge in [-0.15, -0.1) is 5.26 Å². The third-order valence-corrected chi connectivity index (χ3v) is 7.65. The number of ether oxygens (including phenoxy) is 1. The molecular formula is C27H26N4O. The highest BCUT2D eigenvalue weighted by Crippen LogP contribution is 2.43. The standard InChI is InChI=1S/C14H12N2O.C13H14N2/c15-7-13-9-3-1-5-11(9)14(17-8-16)12-6-2-4-10(12)13;14-7-12-8-3-1-5-10(8)13(15)11-6-2-4-9(11)12/h1-6H2;1-6,15H2. The number of rotatable bonds is 1. The van der Waals surface area contributed by atoms with Crippen LogP contribution in [0.2, 0.25) is 0 Å². The van der Waals surface area contributed by atoms with Crippen LogP contribution in [0.25, 0.3) is 0 Å². The minimum Gasteiger partial charge on any atom is -0.398 e. The minimum absolute atomic E-state index is 0.770. The molecule has 0 fully saturated rings. The van der Waals surface area contributed by atoms with Crippen molar-refractivity contribution in [1.82, 2.24) is 0 Å². The number of benzene rings is 2. The van der Waals surface area contributed by atoms with Crippen molar-refractivity contribution < 1.29 is 4.74 Å². The molecule has 0 radical (unpaired) electrons. The van der Waals surface area contributed by atoms with Gasteiger partial charge >= 0.3 is 0 Å². The van der Waals surface area contributed by atoms with E-state index in [0.717, 1.165) is 122 Å². The van der Waals surface area contributed by atoms with Gasteiger partial charge in [0, 0.05) is 16.8 Å². The van der Waals surface area contributed by atoms with Crippen molar-refractivity contribution in [2.45, 2.75) is 77.0 Å². The average molecular weight is 423 g/mol. The van der Waals surface area contributed by atoms with Gasteiger partial charge < -0.3 is 10.5 Å². The van der Waals surface area contributed by atoms with Crippen LogP contribution in [0.5, 0.6) is 5.75 Å². The number of fused-ring (bicyclic) bond motifs is 4. The highest BCUT2D eigenvalue weighted by molar-refractivity contribution is 5.69. The fourth-order valence-electron chi connectivity index (χ4n) is 6.34. The third kappa shape index (κ3) is 3.03. The fourth-order valence-corrected chi connectivity index (χ4v) is 6.34. The third-order valence-electron chi connectivity index (χ3n) is 7.65. The second-order valence-electron chi connectivity index (χ2n) is 9.15. The number of nitrogens with two attached hydrogens (primary N) is 1. The number of hydrogen-bond donors (Lipinski definition) is 1. The molecule has 0 heterocycles. The maximum atomic E-state index is 9.33. The second-order valence-corrected chi connectivity index (χ2v) is 9.15. The van der Waals surface area contributed by atoms with Crippen molar-refractivity contribution in [2.24, 2.45) is 0 Å². The van der Waals surface area contributed by atoms with E-state index in [-0.39, 0.29) is 0 Å². The Bertz CT molecular complexity index is 1180. The van der Waals surface area contributed by atoms with Gasteiger partial charge in [0.25, 0.3) is 6.26 Å². The van der Waals surface area contributed by atoms with Crippen LogP contribution in [0.3, 0.4) is 0 Å². The number of hydrogen-bond acceptors (Lipinski definition) is 5. The van der Waals surface area contributed by atoms with Gasteiger partial charge in [0.1, 0.15) is 5.75 Å². The normalized spacial score (nSPS) is 16.5. The van der Waals surface area contributed by atoms with Gasteiger partial charge in [-0.2, -0.15) is 10.5 Å². The molecule has 5 heteroatoms. The van der Waals surface area contributed by atoms with Gasteiger partial charge in [-0.25, -0.2) is 0 Å². The lowest BCUT2D eigenvalue weighted by molar-refractivity contribution is 0.495. The maximum Gasteiger partial charge on any atom is 0.292 e. The molecule has 0 amide bonds. The lowest BCUT2D eigenvalue weighted by Gasteiger charge is -2.13. The van der Waals surface area contributed by atoms with E-state index in [1.54, 1.807) is 6.26 Å². The molecule has 0 unspecified atom stereocenters. The monoisotopic (exact) mass is 422 g/mol. The van der Waals surface area contributed by atoms with E-state index < -0.39 is 0 Å². The summed E-state index contributed by atoms with van der Waals surface area (Å²) in [7, 11) is 0. The molecule has 2 aromatic carbocycles. The van der Waals surface area contributed by atoms with Crippen molar-refractivity contribution in [3.8, 4) is 24.1 Å². The van der Waals surface area contributed by atoms with Gasteiger partial charge in [0.05, 0.1) is 23.3 Å². The summed E-state index contributed by atoms with van der Waals surface area (Å²) < 4.78 is 5.19. The van der Waals surface area contributed by atoms with Crippen molar-refractivity contribution in [2.75, 3.05) is 5.73 Å². The summed E-state index contributed by atoms with van der Waals surface area (Å²) >= 11 is 0. The van der Waals surface area contributed by atoms with Crippen LogP contribution in [0.1, 0.15) is 81.3 Å². The molecule has 0 saturated carbocycles. The smallest absolute Gasteiger partial charge is 0.292 e. The van der Waals surface area contributed by atoms with Crippen LogP contribution in [0, 0.1) is 34.2 Å². The molecular weight excluding hydrogens is 396 g/mol. The first-order chi connectivity index (χ1) is 15.7. The largest absolute Gasteiger partial charge is 0.398 e. The van der Waals surface area contributed by atoms with Crippen molar-refractivity contribution in [3.05, 3.63) is 55.6 Å². The second kappa shape index (κ2) is 8.22. The predicted octanol–water partition coefficient (Wildman–Crippen LogP) is 4.51. The number of anilines is 1. The van der Waals surface area contributed by atoms with Gasteiger partial charge in [0.2, 0.25) is 0 Å². The molecule has 0 aromatic heterocycles. The predicted molar refractivity (Wildman–Crippen MR) is 121 cm³/mol. The Labute approximate surface area is 189 Å². The Hall–Kier alpha value is -3.49. The van der Waals surface area contributed by atoms with E-state index in [0.29, 0.717) is 0 Å². The molecule has 4 aliphatic rings. The first kappa shape index (κ1) is 20.4. The van der Waals surface area contributed by atoms with Gasteiger partial charge in [-0.05, 0) is 110 Å². The summed E-state index contributed by atoms with van der Waals surface area (Å²) in [5, 5.41) is 27.4. The van der Waals surface area contributed by atoms with E-state index in [2.05, 4.69) is 12.1 Å². The SMILES string of the molecule is N#COc1c2c(c(C#N)c3c1CCC3)CCC2.N#Cc1c2c(c(N)c3c1CCC3)CCC2. The van der Waals surface area contributed by atoms with E-state index in [4.69, 9.17) is 15.7 Å². The van der Waals surface area contributed by atoms with Crippen LogP contribution >= 0.6 is 0 Å². The van der Waals surface area contributed by atoms with E-state index >= 15 is 0 Å². The Balaban J connectivity index is 0.000000136. The highest BCUT2D eigenvalue weighted by atomic mass is 16.5. The van der Waals surface area contributed by atoms with Crippen molar-refractivity contribution >= 4 is 5.69 Å². The molecule has 6 rings (SSSR count). The molecule has 0 atom stereocenters. The van der Waals surface area contributed by atoms with Gasteiger partial charge in [-0.1, -0.05) is 0 Å². The maximum absolute atomic E-state index is 9.33. The first-order valence-corrected chi connectivity index (χ1v) is 11.7. The van der Waals surface area contributed by atoms with Gasteiger partial charge in [0.15, 0.2) is 0 Å². The Morgan fingerprint density at radius 1 is 0.531 bits per heavy atom. The molecule has 0 spiro atoms. The summed E-state index contributed by atoms with van der Waals surface area (Å²) in [6, 6.07) is 4.76. The van der Waals surface area contributed by atoms with Crippen LogP contribution in [0.15, 0.2) is 0 Å². The summed E-state index contributed by atoms with van der Waals surface area (Å²) in [6.45, 7) is 0. The molecule has 4 aliphatic carbocycles. The van der Waals surface area contributed by atoms with Crippen LogP contribution in [0.4, 0.5) is 5.69 Å². The lowest BCUT2D eigenvalue weighted by atomic mass is 9.93. The first-order valence-electron chi connectivity index (χ1n) is 11.7. The zero-order valence-electron chi connectivity index (χ0n) is 18.3. The molecule has 5 nitrogen and oxygen atoms in total. The van der Waals surface area contributed by atoms with E-state index in [9.17, 15) is 10.5 Å². The van der Waals surface area contributed by atoms with Crippen molar-refractivity contribution in [1.29, 1.82) is 15.8 Å². The highest BCUT2D eigenvalue weighted by Gasteiger charge is 2.30. The molecule has 2 aromatic rings. The zero-order chi connectivity index (χ0) is 22.2. The van der Waals surface area contributed by atoms with Crippen LogP contribution < -0.4 is 10.5 Å². The Morgan fingerprint density at radius 3 is 1.25 bits per heavy atom. The quantitative estimate of drug-likeness (QED) is 0.537. The van der Waals surface area contributed by atoms with Crippen molar-refractivity contribution in [3.63, 3.8) is 0 Å². The molecule has 0 bridgehead atoms. The Kier molecular flexibility index (Phi) is 5.24. The number of nitrogens with zero attached hydrogens (tertiary/aromatic N) is 3. The lowest BCUT2D eigenvalue weighted by Crippen LogP contribution is -2.03. The Morgan fingerprint density at radius 2 is 0.875 bits per heavy atom. The van der Waals surface area contributed by atoms with Gasteiger partial charge in [-0.3, -0.25) is 0 Å². The van der Waals surface area contributed by atoms with E-state index in [1.807, 2.05) is 0 Å². The number of nitriles is 3. The molecule has 2 N–H and O–H groups in total. The minimum atomic E-state index is 0.770. The summed E-state index contributed by atoms with van der Waals surface area (Å²) in [5.41, 5.74) is 18.6. The summed E-state index contributed by atoms with van der Waals surface area (Å²) in [5.74, 6) is 0.770. The van der Waals surface area contributed by atoms with E-state index in [1.165, 1.54) is 22.3 Å². The van der Waals surface area contributed by atoms with Crippen LogP contribution in [-0.4, -0.2) is 0 Å². The zero-order valence-corrected chi connectivity index (χ0v) is 18.3. The molecule has 160 valence electrons. The molecule has 0 aliphatic heterocycles. The molecule has 32 heavy (non-hydrogen) atoms. The topological polar surface area (TPSA) is 107 Å². The fraction of sp³-hybridized carbons (Fsp3) is 0.444. The summed E-state index contributed by atoms with van der Waals surface area (Å²) in [6.07, 6.45) is 14.3.